The predicted molar refractivity (Wildman–Crippen MR) is 110 cm³/mol. The van der Waals surface area contributed by atoms with Crippen LogP contribution in [-0.2, 0) is 14.6 Å². The van der Waals surface area contributed by atoms with Crippen molar-refractivity contribution in [3.63, 3.8) is 0 Å². The summed E-state index contributed by atoms with van der Waals surface area (Å²) in [6, 6.07) is 0.766. The third kappa shape index (κ3) is 4.51. The average molecular weight is 455 g/mol. The van der Waals surface area contributed by atoms with Crippen LogP contribution < -0.4 is 0 Å². The molecular weight excluding hydrogens is 436 g/mol. The van der Waals surface area contributed by atoms with Gasteiger partial charge in [0.2, 0.25) is 0 Å². The number of ether oxygens (including phenoxy) is 1. The van der Waals surface area contributed by atoms with Crippen molar-refractivity contribution in [3.8, 4) is 0 Å². The monoisotopic (exact) mass is 454 g/mol. The van der Waals surface area contributed by atoms with Gasteiger partial charge in [-0.3, -0.25) is 10.1 Å². The molecule has 1 aliphatic rings. The van der Waals surface area contributed by atoms with Gasteiger partial charge in [0.15, 0.2) is 9.84 Å². The Kier molecular flexibility index (Phi) is 6.22. The molecular formula is C18H19ClN4O6S. The Morgan fingerprint density at radius 2 is 2.20 bits per heavy atom. The van der Waals surface area contributed by atoms with Gasteiger partial charge in [0, 0.05) is 11.6 Å². The van der Waals surface area contributed by atoms with E-state index < -0.39 is 20.7 Å². The molecule has 0 aromatic carbocycles. The van der Waals surface area contributed by atoms with E-state index in [2.05, 4.69) is 10.1 Å². The maximum atomic E-state index is 12.2. The zero-order valence-corrected chi connectivity index (χ0v) is 17.8. The van der Waals surface area contributed by atoms with E-state index in [4.69, 9.17) is 16.3 Å². The van der Waals surface area contributed by atoms with E-state index in [0.717, 1.165) is 12.3 Å². The molecule has 0 saturated carbocycles. The van der Waals surface area contributed by atoms with Crippen LogP contribution in [0.15, 0.2) is 12.3 Å². The smallest absolute Gasteiger partial charge is 0.340 e. The van der Waals surface area contributed by atoms with Gasteiger partial charge < -0.3 is 4.74 Å². The summed E-state index contributed by atoms with van der Waals surface area (Å²) in [5, 5.41) is 15.6. The first-order chi connectivity index (χ1) is 14.1. The van der Waals surface area contributed by atoms with Crippen molar-refractivity contribution in [1.29, 1.82) is 0 Å². The first kappa shape index (κ1) is 21.9. The number of pyridine rings is 1. The first-order valence-electron chi connectivity index (χ1n) is 9.07. The molecule has 2 aromatic rings. The number of carbonyl (C=O) groups excluding carboxylic acids is 1. The van der Waals surface area contributed by atoms with Gasteiger partial charge in [-0.05, 0) is 32.4 Å². The predicted octanol–water partition coefficient (Wildman–Crippen LogP) is 2.85. The first-order valence-corrected chi connectivity index (χ1v) is 11.3. The molecule has 12 heteroatoms. The molecule has 0 spiro atoms. The number of sulfone groups is 1. The number of aryl methyl sites for hydroxylation is 1. The summed E-state index contributed by atoms with van der Waals surface area (Å²) >= 11 is 6.44. The molecule has 1 unspecified atom stereocenters. The Labute approximate surface area is 177 Å². The lowest BCUT2D eigenvalue weighted by Gasteiger charge is -2.09. The number of hydrogen-bond acceptors (Lipinski definition) is 8. The molecule has 0 N–H and O–H groups in total. The van der Waals surface area contributed by atoms with Crippen molar-refractivity contribution in [2.75, 3.05) is 18.1 Å². The van der Waals surface area contributed by atoms with Crippen molar-refractivity contribution in [3.05, 3.63) is 50.0 Å². The number of rotatable bonds is 6. The van der Waals surface area contributed by atoms with Gasteiger partial charge in [-0.2, -0.15) is 5.10 Å². The zero-order chi connectivity index (χ0) is 22.1. The lowest BCUT2D eigenvalue weighted by atomic mass is 10.1. The van der Waals surface area contributed by atoms with Crippen molar-refractivity contribution in [2.45, 2.75) is 26.3 Å². The number of halogens is 1. The molecule has 1 saturated heterocycles. The van der Waals surface area contributed by atoms with Crippen molar-refractivity contribution < 1.29 is 22.9 Å². The van der Waals surface area contributed by atoms with E-state index in [1.54, 1.807) is 19.9 Å². The highest BCUT2D eigenvalue weighted by Gasteiger charge is 2.31. The summed E-state index contributed by atoms with van der Waals surface area (Å²) in [6.07, 6.45) is 4.55. The minimum atomic E-state index is -3.10. The molecule has 3 heterocycles. The van der Waals surface area contributed by atoms with E-state index in [-0.39, 0.29) is 46.3 Å². The highest BCUT2D eigenvalue weighted by molar-refractivity contribution is 7.91. The van der Waals surface area contributed by atoms with Gasteiger partial charge >= 0.3 is 5.97 Å². The molecule has 160 valence electrons. The number of aromatic nitrogens is 3. The second kappa shape index (κ2) is 8.52. The summed E-state index contributed by atoms with van der Waals surface area (Å²) in [5.41, 5.74) is 0.895. The van der Waals surface area contributed by atoms with Crippen LogP contribution in [0.1, 0.15) is 46.7 Å². The molecule has 3 rings (SSSR count). The van der Waals surface area contributed by atoms with E-state index in [0.29, 0.717) is 17.7 Å². The van der Waals surface area contributed by atoms with Gasteiger partial charge in [-0.25, -0.2) is 22.9 Å². The number of hydrogen-bond donors (Lipinski definition) is 0. The Hall–Kier alpha value is -2.79. The van der Waals surface area contributed by atoms with Crippen molar-refractivity contribution in [1.82, 2.24) is 14.8 Å². The fourth-order valence-corrected chi connectivity index (χ4v) is 5.23. The van der Waals surface area contributed by atoms with Gasteiger partial charge in [0.05, 0.1) is 46.0 Å². The van der Waals surface area contributed by atoms with Crippen LogP contribution in [-0.4, -0.2) is 52.2 Å². The van der Waals surface area contributed by atoms with Crippen LogP contribution in [0.5, 0.6) is 0 Å². The summed E-state index contributed by atoms with van der Waals surface area (Å²) in [6.45, 7) is 3.45. The molecule has 1 atom stereocenters. The Balaban J connectivity index is 1.96. The molecule has 2 aromatic heterocycles. The summed E-state index contributed by atoms with van der Waals surface area (Å²) in [4.78, 5) is 26.6. The zero-order valence-electron chi connectivity index (χ0n) is 16.2. The van der Waals surface area contributed by atoms with E-state index >= 15 is 0 Å². The molecule has 0 aliphatic carbocycles. The number of nitro groups is 1. The lowest BCUT2D eigenvalue weighted by molar-refractivity contribution is -0.385. The van der Waals surface area contributed by atoms with E-state index in [1.165, 1.54) is 10.8 Å². The molecule has 0 bridgehead atoms. The normalized spacial score (nSPS) is 18.0. The van der Waals surface area contributed by atoms with Crippen LogP contribution in [0.25, 0.3) is 12.2 Å². The Morgan fingerprint density at radius 3 is 2.80 bits per heavy atom. The third-order valence-corrected chi connectivity index (χ3v) is 6.77. The summed E-state index contributed by atoms with van der Waals surface area (Å²) in [7, 11) is -3.10. The second-order valence-electron chi connectivity index (χ2n) is 6.73. The van der Waals surface area contributed by atoms with Crippen LogP contribution in [0.4, 0.5) is 5.69 Å². The number of nitrogens with zero attached hydrogens (tertiary/aromatic N) is 4. The topological polar surface area (TPSA) is 134 Å². The molecule has 30 heavy (non-hydrogen) atoms. The minimum absolute atomic E-state index is 0.0199. The Morgan fingerprint density at radius 1 is 1.47 bits per heavy atom. The number of esters is 1. The Bertz CT molecular complexity index is 1140. The van der Waals surface area contributed by atoms with Gasteiger partial charge in [0.1, 0.15) is 11.3 Å². The fraction of sp³-hybridized carbons (Fsp3) is 0.389. The minimum Gasteiger partial charge on any atom is -0.462 e. The maximum absolute atomic E-state index is 12.2. The molecule has 1 fully saturated rings. The van der Waals surface area contributed by atoms with Crippen LogP contribution in [0.3, 0.4) is 0 Å². The van der Waals surface area contributed by atoms with Crippen LogP contribution in [0, 0.1) is 17.0 Å². The number of carbonyl (C=O) groups is 1. The third-order valence-electron chi connectivity index (χ3n) is 4.64. The van der Waals surface area contributed by atoms with Crippen molar-refractivity contribution >= 4 is 45.2 Å². The standard InChI is InChI=1S/C18H19ClN4O6S/c1-3-29-18(24)15-8-13(23(25)26)9-20-16(15)5-4-14-11(2)21-22(17(14)19)12-6-7-30(27,28)10-12/h4-5,8-9,12H,3,6-7,10H2,1-2H3. The quantitative estimate of drug-likeness (QED) is 0.369. The molecule has 0 radical (unpaired) electrons. The second-order valence-corrected chi connectivity index (χ2v) is 9.32. The molecule has 1 aliphatic heterocycles. The fourth-order valence-electron chi connectivity index (χ4n) is 3.16. The van der Waals surface area contributed by atoms with E-state index in [9.17, 15) is 23.3 Å². The highest BCUT2D eigenvalue weighted by atomic mass is 35.5. The summed E-state index contributed by atoms with van der Waals surface area (Å²) in [5.74, 6) is -0.662. The molecule has 0 amide bonds. The van der Waals surface area contributed by atoms with E-state index in [1.807, 2.05) is 0 Å². The SMILES string of the molecule is CCOC(=O)c1cc([N+](=O)[O-])cnc1C=Cc1c(C)nn(C2CCS(=O)(=O)C2)c1Cl. The average Bonchev–Trinajstić information content (AvgIpc) is 3.18. The van der Waals surface area contributed by atoms with Crippen LogP contribution >= 0.6 is 11.6 Å². The van der Waals surface area contributed by atoms with Crippen LogP contribution in [0.2, 0.25) is 5.15 Å². The maximum Gasteiger partial charge on any atom is 0.340 e. The van der Waals surface area contributed by atoms with Gasteiger partial charge in [0.25, 0.3) is 5.69 Å². The highest BCUT2D eigenvalue weighted by Crippen LogP contribution is 2.31. The van der Waals surface area contributed by atoms with Gasteiger partial charge in [-0.1, -0.05) is 11.6 Å². The lowest BCUT2D eigenvalue weighted by Crippen LogP contribution is -2.12. The largest absolute Gasteiger partial charge is 0.462 e. The van der Waals surface area contributed by atoms with Gasteiger partial charge in [-0.15, -0.1) is 0 Å². The molecule has 10 nitrogen and oxygen atoms in total. The summed E-state index contributed by atoms with van der Waals surface area (Å²) < 4.78 is 30.0. The van der Waals surface area contributed by atoms with Crippen molar-refractivity contribution in [2.24, 2.45) is 0 Å².